The molecule has 2 fully saturated rings. The van der Waals surface area contributed by atoms with Crippen molar-refractivity contribution < 1.29 is 9.53 Å². The Bertz CT molecular complexity index is 643. The number of likely N-dealkylation sites (tertiary alicyclic amines) is 1. The molecule has 26 heavy (non-hydrogen) atoms. The normalized spacial score (nSPS) is 21.5. The SMILES string of the molecule is COCCC1CCN(C(=O)c2nc(C)c(C)c(N3CC[C@@H](N)C3)n2)CC1. The minimum Gasteiger partial charge on any atom is -0.385 e. The van der Waals surface area contributed by atoms with Gasteiger partial charge < -0.3 is 20.3 Å². The van der Waals surface area contributed by atoms with E-state index in [2.05, 4.69) is 14.9 Å². The van der Waals surface area contributed by atoms with Crippen molar-refractivity contribution in [3.63, 3.8) is 0 Å². The van der Waals surface area contributed by atoms with Crippen LogP contribution in [0.15, 0.2) is 0 Å². The van der Waals surface area contributed by atoms with Gasteiger partial charge in [-0.2, -0.15) is 0 Å². The minimum atomic E-state index is -0.0527. The molecule has 0 aromatic carbocycles. The van der Waals surface area contributed by atoms with Gasteiger partial charge in [0.1, 0.15) is 5.82 Å². The van der Waals surface area contributed by atoms with Gasteiger partial charge in [0.25, 0.3) is 5.91 Å². The summed E-state index contributed by atoms with van der Waals surface area (Å²) in [5.74, 6) is 1.77. The monoisotopic (exact) mass is 361 g/mol. The molecule has 0 unspecified atom stereocenters. The van der Waals surface area contributed by atoms with Crippen LogP contribution in [0.2, 0.25) is 0 Å². The molecule has 0 bridgehead atoms. The molecule has 0 radical (unpaired) electrons. The van der Waals surface area contributed by atoms with Gasteiger partial charge in [0, 0.05) is 57.2 Å². The Labute approximate surface area is 155 Å². The van der Waals surface area contributed by atoms with Gasteiger partial charge in [-0.3, -0.25) is 4.79 Å². The van der Waals surface area contributed by atoms with E-state index < -0.39 is 0 Å². The van der Waals surface area contributed by atoms with Crippen LogP contribution in [0.4, 0.5) is 5.82 Å². The van der Waals surface area contributed by atoms with Gasteiger partial charge in [-0.05, 0) is 45.4 Å². The fourth-order valence-corrected chi connectivity index (χ4v) is 3.85. The van der Waals surface area contributed by atoms with E-state index in [-0.39, 0.29) is 11.9 Å². The van der Waals surface area contributed by atoms with Crippen molar-refractivity contribution in [3.8, 4) is 0 Å². The summed E-state index contributed by atoms with van der Waals surface area (Å²) in [5, 5.41) is 0. The van der Waals surface area contributed by atoms with Crippen LogP contribution in [0.1, 0.15) is 47.6 Å². The highest BCUT2D eigenvalue weighted by Gasteiger charge is 2.28. The van der Waals surface area contributed by atoms with Gasteiger partial charge in [-0.1, -0.05) is 0 Å². The highest BCUT2D eigenvalue weighted by atomic mass is 16.5. The molecular weight excluding hydrogens is 330 g/mol. The van der Waals surface area contributed by atoms with Crippen LogP contribution in [0, 0.1) is 19.8 Å². The van der Waals surface area contributed by atoms with Gasteiger partial charge in [-0.25, -0.2) is 9.97 Å². The Balaban J connectivity index is 1.71. The first kappa shape index (κ1) is 19.0. The predicted molar refractivity (Wildman–Crippen MR) is 101 cm³/mol. The van der Waals surface area contributed by atoms with E-state index in [0.717, 1.165) is 75.5 Å². The number of aryl methyl sites for hydroxylation is 1. The topological polar surface area (TPSA) is 84.6 Å². The number of ether oxygens (including phenoxy) is 1. The summed E-state index contributed by atoms with van der Waals surface area (Å²) in [5.41, 5.74) is 7.95. The molecule has 2 N–H and O–H groups in total. The first-order valence-corrected chi connectivity index (χ1v) is 9.63. The number of anilines is 1. The third kappa shape index (κ3) is 4.15. The van der Waals surface area contributed by atoms with Gasteiger partial charge in [0.05, 0.1) is 0 Å². The summed E-state index contributed by atoms with van der Waals surface area (Å²) in [6, 6.07) is 0.176. The largest absolute Gasteiger partial charge is 0.385 e. The Morgan fingerprint density at radius 1 is 1.19 bits per heavy atom. The maximum Gasteiger partial charge on any atom is 0.291 e. The second-order valence-electron chi connectivity index (χ2n) is 7.59. The molecule has 1 aromatic heterocycles. The minimum absolute atomic E-state index is 0.0527. The van der Waals surface area contributed by atoms with Crippen LogP contribution in [0.5, 0.6) is 0 Å². The first-order chi connectivity index (χ1) is 12.5. The van der Waals surface area contributed by atoms with E-state index in [0.29, 0.717) is 11.7 Å². The molecule has 7 heteroatoms. The van der Waals surface area contributed by atoms with Crippen molar-refractivity contribution in [2.45, 2.75) is 45.6 Å². The summed E-state index contributed by atoms with van der Waals surface area (Å²) < 4.78 is 5.17. The van der Waals surface area contributed by atoms with Crippen molar-refractivity contribution >= 4 is 11.7 Å². The van der Waals surface area contributed by atoms with Gasteiger partial charge >= 0.3 is 0 Å². The molecule has 3 rings (SSSR count). The number of carbonyl (C=O) groups is 1. The maximum absolute atomic E-state index is 12.9. The molecule has 1 atom stereocenters. The number of hydrogen-bond acceptors (Lipinski definition) is 6. The summed E-state index contributed by atoms with van der Waals surface area (Å²) >= 11 is 0. The fraction of sp³-hybridized carbons (Fsp3) is 0.737. The quantitative estimate of drug-likeness (QED) is 0.856. The molecule has 144 valence electrons. The lowest BCUT2D eigenvalue weighted by molar-refractivity contribution is 0.0657. The molecule has 2 saturated heterocycles. The Morgan fingerprint density at radius 3 is 2.54 bits per heavy atom. The number of rotatable bonds is 5. The number of carbonyl (C=O) groups excluding carboxylic acids is 1. The van der Waals surface area contributed by atoms with Crippen molar-refractivity contribution in [1.29, 1.82) is 0 Å². The van der Waals surface area contributed by atoms with Crippen LogP contribution < -0.4 is 10.6 Å². The molecular formula is C19H31N5O2. The van der Waals surface area contributed by atoms with E-state index in [4.69, 9.17) is 10.5 Å². The summed E-state index contributed by atoms with van der Waals surface area (Å²) in [6.45, 7) is 7.97. The number of amides is 1. The first-order valence-electron chi connectivity index (χ1n) is 9.63. The molecule has 0 saturated carbocycles. The lowest BCUT2D eigenvalue weighted by atomic mass is 9.94. The zero-order valence-electron chi connectivity index (χ0n) is 16.2. The highest BCUT2D eigenvalue weighted by molar-refractivity contribution is 5.91. The zero-order valence-corrected chi connectivity index (χ0v) is 16.2. The Morgan fingerprint density at radius 2 is 1.92 bits per heavy atom. The number of methoxy groups -OCH3 is 1. The second-order valence-corrected chi connectivity index (χ2v) is 7.59. The van der Waals surface area contributed by atoms with Crippen LogP contribution in [-0.2, 0) is 4.74 Å². The van der Waals surface area contributed by atoms with Crippen molar-refractivity contribution in [3.05, 3.63) is 17.1 Å². The third-order valence-electron chi connectivity index (χ3n) is 5.71. The number of hydrogen-bond donors (Lipinski definition) is 1. The lowest BCUT2D eigenvalue weighted by Gasteiger charge is -2.31. The van der Waals surface area contributed by atoms with E-state index in [1.807, 2.05) is 18.7 Å². The van der Waals surface area contributed by atoms with Gasteiger partial charge in [-0.15, -0.1) is 0 Å². The van der Waals surface area contributed by atoms with Crippen LogP contribution in [0.3, 0.4) is 0 Å². The molecule has 1 amide bonds. The molecule has 0 aliphatic carbocycles. The summed E-state index contributed by atoms with van der Waals surface area (Å²) in [4.78, 5) is 26.2. The van der Waals surface area contributed by atoms with E-state index >= 15 is 0 Å². The highest BCUT2D eigenvalue weighted by Crippen LogP contribution is 2.25. The summed E-state index contributed by atoms with van der Waals surface area (Å²) in [6.07, 6.45) is 4.07. The molecule has 2 aliphatic rings. The Hall–Kier alpha value is -1.73. The van der Waals surface area contributed by atoms with Gasteiger partial charge in [0.2, 0.25) is 5.82 Å². The van der Waals surface area contributed by atoms with Crippen LogP contribution >= 0.6 is 0 Å². The Kier molecular flexibility index (Phi) is 6.09. The van der Waals surface area contributed by atoms with E-state index in [1.54, 1.807) is 7.11 Å². The molecule has 3 heterocycles. The lowest BCUT2D eigenvalue weighted by Crippen LogP contribution is -2.40. The van der Waals surface area contributed by atoms with E-state index in [9.17, 15) is 4.79 Å². The fourth-order valence-electron chi connectivity index (χ4n) is 3.85. The van der Waals surface area contributed by atoms with E-state index in [1.165, 1.54) is 0 Å². The molecule has 1 aromatic rings. The number of nitrogens with zero attached hydrogens (tertiary/aromatic N) is 4. The van der Waals surface area contributed by atoms with Crippen molar-refractivity contribution in [2.75, 3.05) is 44.8 Å². The molecule has 2 aliphatic heterocycles. The van der Waals surface area contributed by atoms with Gasteiger partial charge in [0.15, 0.2) is 0 Å². The number of aromatic nitrogens is 2. The molecule has 7 nitrogen and oxygen atoms in total. The standard InChI is InChI=1S/C19H31N5O2/c1-13-14(2)21-17(22-18(13)24-10-6-16(20)12-24)19(25)23-8-4-15(5-9-23)7-11-26-3/h15-16H,4-12,20H2,1-3H3/t16-/m1/s1. The summed E-state index contributed by atoms with van der Waals surface area (Å²) in [7, 11) is 1.74. The smallest absolute Gasteiger partial charge is 0.291 e. The number of nitrogens with two attached hydrogens (primary N) is 1. The third-order valence-corrected chi connectivity index (χ3v) is 5.71. The average molecular weight is 361 g/mol. The van der Waals surface area contributed by atoms with Crippen LogP contribution in [-0.4, -0.2) is 66.7 Å². The zero-order chi connectivity index (χ0) is 18.7. The predicted octanol–water partition coefficient (Wildman–Crippen LogP) is 1.52. The van der Waals surface area contributed by atoms with Crippen LogP contribution in [0.25, 0.3) is 0 Å². The second kappa shape index (κ2) is 8.31. The van der Waals surface area contributed by atoms with Crippen molar-refractivity contribution in [1.82, 2.24) is 14.9 Å². The maximum atomic E-state index is 12.9. The van der Waals surface area contributed by atoms with Crippen molar-refractivity contribution in [2.24, 2.45) is 11.7 Å². The molecule has 0 spiro atoms. The number of piperidine rings is 1. The average Bonchev–Trinajstić information content (AvgIpc) is 3.08.